The zero-order valence-electron chi connectivity index (χ0n) is 14.2. The minimum absolute atomic E-state index is 0.0706. The third-order valence-electron chi connectivity index (χ3n) is 4.47. The average Bonchev–Trinajstić information content (AvgIpc) is 2.78. The fraction of sp³-hybridized carbons (Fsp3) is 0.0952. The summed E-state index contributed by atoms with van der Waals surface area (Å²) >= 11 is 6.03. The van der Waals surface area contributed by atoms with Crippen LogP contribution in [0.3, 0.4) is 0 Å². The fourth-order valence-electron chi connectivity index (χ4n) is 2.98. The largest absolute Gasteiger partial charge is 0.381 e. The third kappa shape index (κ3) is 3.11. The molecule has 2 aromatic heterocycles. The van der Waals surface area contributed by atoms with Gasteiger partial charge < -0.3 is 5.32 Å². The Morgan fingerprint density at radius 1 is 1.04 bits per heavy atom. The van der Waals surface area contributed by atoms with Crippen molar-refractivity contribution in [3.8, 4) is 0 Å². The number of hydrogen-bond donors (Lipinski definition) is 1. The summed E-state index contributed by atoms with van der Waals surface area (Å²) in [6, 6.07) is 13.2. The summed E-state index contributed by atoms with van der Waals surface area (Å²) in [4.78, 5) is 21.4. The van der Waals surface area contributed by atoms with Crippen LogP contribution < -0.4 is 10.7 Å². The number of fused-ring (bicyclic) bond motifs is 2. The Kier molecular flexibility index (Phi) is 4.27. The Bertz CT molecular complexity index is 1190. The van der Waals surface area contributed by atoms with E-state index in [9.17, 15) is 4.79 Å². The van der Waals surface area contributed by atoms with E-state index in [1.807, 2.05) is 49.5 Å². The molecule has 0 aliphatic carbocycles. The molecule has 0 amide bonds. The van der Waals surface area contributed by atoms with E-state index in [1.165, 1.54) is 5.56 Å². The fourth-order valence-corrected chi connectivity index (χ4v) is 3.14. The van der Waals surface area contributed by atoms with Crippen molar-refractivity contribution in [1.82, 2.24) is 9.97 Å². The summed E-state index contributed by atoms with van der Waals surface area (Å²) in [7, 11) is 0. The molecule has 0 radical (unpaired) electrons. The summed E-state index contributed by atoms with van der Waals surface area (Å²) in [5.74, 6) is 0. The second-order valence-corrected chi connectivity index (χ2v) is 6.64. The van der Waals surface area contributed by atoms with Gasteiger partial charge in [-0.05, 0) is 53.8 Å². The smallest absolute Gasteiger partial charge is 0.195 e. The number of nitrogens with zero attached hydrogens (tertiary/aromatic N) is 2. The van der Waals surface area contributed by atoms with Crippen LogP contribution in [0.15, 0.2) is 65.8 Å². The lowest BCUT2D eigenvalue weighted by Crippen LogP contribution is -2.03. The molecular formula is C21H16ClN3O. The lowest BCUT2D eigenvalue weighted by Gasteiger charge is -2.09. The number of halogens is 1. The zero-order valence-corrected chi connectivity index (χ0v) is 14.9. The molecule has 1 N–H and O–H groups in total. The first kappa shape index (κ1) is 16.5. The van der Waals surface area contributed by atoms with Crippen LogP contribution in [0, 0.1) is 6.92 Å². The summed E-state index contributed by atoms with van der Waals surface area (Å²) in [6.45, 7) is 2.70. The van der Waals surface area contributed by atoms with Gasteiger partial charge in [0.2, 0.25) is 0 Å². The van der Waals surface area contributed by atoms with Crippen molar-refractivity contribution in [2.75, 3.05) is 5.32 Å². The van der Waals surface area contributed by atoms with Crippen LogP contribution in [0.5, 0.6) is 0 Å². The van der Waals surface area contributed by atoms with Crippen LogP contribution >= 0.6 is 11.6 Å². The molecule has 0 fully saturated rings. The van der Waals surface area contributed by atoms with Crippen LogP contribution in [0.1, 0.15) is 11.1 Å². The average molecular weight is 362 g/mol. The highest BCUT2D eigenvalue weighted by atomic mass is 35.5. The predicted octanol–water partition coefficient (Wildman–Crippen LogP) is 4.72. The Morgan fingerprint density at radius 2 is 1.88 bits per heavy atom. The lowest BCUT2D eigenvalue weighted by atomic mass is 10.1. The molecule has 2 aromatic carbocycles. The van der Waals surface area contributed by atoms with Crippen molar-refractivity contribution in [3.05, 3.63) is 87.4 Å². The van der Waals surface area contributed by atoms with Crippen molar-refractivity contribution in [2.45, 2.75) is 13.5 Å². The molecule has 4 nitrogen and oxygen atoms in total. The van der Waals surface area contributed by atoms with Crippen molar-refractivity contribution in [3.63, 3.8) is 0 Å². The van der Waals surface area contributed by atoms with E-state index >= 15 is 0 Å². The second kappa shape index (κ2) is 6.73. The molecule has 0 aliphatic heterocycles. The minimum atomic E-state index is -0.0706. The van der Waals surface area contributed by atoms with Gasteiger partial charge in [-0.2, -0.15) is 0 Å². The number of hydrogen-bond acceptors (Lipinski definition) is 4. The monoisotopic (exact) mass is 361 g/mol. The highest BCUT2D eigenvalue weighted by molar-refractivity contribution is 6.31. The standard InChI is InChI=1S/C21H16ClN3O/c1-13-10-23-7-6-15(13)11-24-17-4-2-14-3-5-20-19(8-16(22)12-25-20)21(26)18(14)9-17/h2-10,12,24H,11H2,1H3. The Morgan fingerprint density at radius 3 is 2.73 bits per heavy atom. The summed E-state index contributed by atoms with van der Waals surface area (Å²) in [5.41, 5.74) is 3.75. The van der Waals surface area contributed by atoms with Crippen LogP contribution in [0.25, 0.3) is 21.7 Å². The maximum atomic E-state index is 13.0. The molecule has 4 aromatic rings. The molecule has 0 atom stereocenters. The first-order chi connectivity index (χ1) is 12.6. The molecule has 4 rings (SSSR count). The number of rotatable bonds is 3. The van der Waals surface area contributed by atoms with E-state index < -0.39 is 0 Å². The number of nitrogens with one attached hydrogen (secondary N) is 1. The van der Waals surface area contributed by atoms with Gasteiger partial charge in [0, 0.05) is 41.6 Å². The van der Waals surface area contributed by atoms with Crippen molar-refractivity contribution < 1.29 is 0 Å². The molecule has 5 heteroatoms. The Hall–Kier alpha value is -2.98. The minimum Gasteiger partial charge on any atom is -0.381 e. The van der Waals surface area contributed by atoms with Crippen LogP contribution in [-0.2, 0) is 6.54 Å². The zero-order chi connectivity index (χ0) is 18.1. The molecule has 0 bridgehead atoms. The predicted molar refractivity (Wildman–Crippen MR) is 107 cm³/mol. The van der Waals surface area contributed by atoms with Gasteiger partial charge >= 0.3 is 0 Å². The molecular weight excluding hydrogens is 346 g/mol. The van der Waals surface area contributed by atoms with Gasteiger partial charge in [0.15, 0.2) is 5.43 Å². The van der Waals surface area contributed by atoms with Crippen LogP contribution in [-0.4, -0.2) is 9.97 Å². The van der Waals surface area contributed by atoms with Gasteiger partial charge in [-0.15, -0.1) is 0 Å². The van der Waals surface area contributed by atoms with E-state index in [0.29, 0.717) is 27.9 Å². The van der Waals surface area contributed by atoms with Crippen molar-refractivity contribution in [1.29, 1.82) is 0 Å². The topological polar surface area (TPSA) is 54.9 Å². The normalized spacial score (nSPS) is 11.0. The molecule has 0 saturated carbocycles. The number of anilines is 1. The lowest BCUT2D eigenvalue weighted by molar-refractivity contribution is 1.09. The van der Waals surface area contributed by atoms with Gasteiger partial charge in [0.25, 0.3) is 0 Å². The summed E-state index contributed by atoms with van der Waals surface area (Å²) in [5, 5.41) is 5.87. The van der Waals surface area contributed by atoms with E-state index in [-0.39, 0.29) is 5.43 Å². The molecule has 2 heterocycles. The highest BCUT2D eigenvalue weighted by Gasteiger charge is 2.06. The van der Waals surface area contributed by atoms with Crippen LogP contribution in [0.4, 0.5) is 5.69 Å². The molecule has 128 valence electrons. The van der Waals surface area contributed by atoms with Crippen molar-refractivity contribution >= 4 is 39.0 Å². The maximum absolute atomic E-state index is 13.0. The van der Waals surface area contributed by atoms with Crippen LogP contribution in [0.2, 0.25) is 5.02 Å². The van der Waals surface area contributed by atoms with Gasteiger partial charge in [0.05, 0.1) is 10.5 Å². The second-order valence-electron chi connectivity index (χ2n) is 6.21. The number of pyridine rings is 2. The quantitative estimate of drug-likeness (QED) is 0.573. The Balaban J connectivity index is 1.79. The molecule has 26 heavy (non-hydrogen) atoms. The third-order valence-corrected chi connectivity index (χ3v) is 4.67. The Labute approximate surface area is 155 Å². The SMILES string of the molecule is Cc1cnccc1CNc1ccc2ccc3ncc(Cl)cc3c(=O)c2c1. The van der Waals surface area contributed by atoms with Gasteiger partial charge in [0.1, 0.15) is 0 Å². The van der Waals surface area contributed by atoms with E-state index in [0.717, 1.165) is 16.6 Å². The number of benzene rings is 1. The maximum Gasteiger partial charge on any atom is 0.195 e. The highest BCUT2D eigenvalue weighted by Crippen LogP contribution is 2.20. The van der Waals surface area contributed by atoms with E-state index in [2.05, 4.69) is 15.3 Å². The van der Waals surface area contributed by atoms with Gasteiger partial charge in [-0.3, -0.25) is 14.8 Å². The van der Waals surface area contributed by atoms with E-state index in [1.54, 1.807) is 18.5 Å². The first-order valence-corrected chi connectivity index (χ1v) is 8.65. The molecule has 0 saturated heterocycles. The summed E-state index contributed by atoms with van der Waals surface area (Å²) in [6.07, 6.45) is 5.18. The van der Waals surface area contributed by atoms with Gasteiger partial charge in [-0.25, -0.2) is 0 Å². The van der Waals surface area contributed by atoms with Gasteiger partial charge in [-0.1, -0.05) is 23.7 Å². The first-order valence-electron chi connectivity index (χ1n) is 8.27. The van der Waals surface area contributed by atoms with E-state index in [4.69, 9.17) is 11.6 Å². The summed E-state index contributed by atoms with van der Waals surface area (Å²) < 4.78 is 0. The molecule has 0 unspecified atom stereocenters. The molecule has 0 aliphatic rings. The number of aromatic nitrogens is 2. The number of aryl methyl sites for hydroxylation is 1. The molecule has 0 spiro atoms. The van der Waals surface area contributed by atoms with Crippen molar-refractivity contribution in [2.24, 2.45) is 0 Å².